The van der Waals surface area contributed by atoms with Gasteiger partial charge in [0.1, 0.15) is 0 Å². The van der Waals surface area contributed by atoms with Crippen LogP contribution in [0.15, 0.2) is 0 Å². The Bertz CT molecular complexity index is 224. The molecule has 0 bridgehead atoms. The van der Waals surface area contributed by atoms with E-state index in [0.717, 1.165) is 25.7 Å². The lowest BCUT2D eigenvalue weighted by Crippen LogP contribution is -2.04. The molecule has 0 rings (SSSR count). The minimum atomic E-state index is -0.203. The number of rotatable bonds is 12. The highest BCUT2D eigenvalue weighted by molar-refractivity contribution is 5.00. The predicted molar refractivity (Wildman–Crippen MR) is 85.2 cm³/mol. The summed E-state index contributed by atoms with van der Waals surface area (Å²) >= 11 is 0. The SMILES string of the molecule is CCCCCCCCCCC#CCC(O)CCCC. The summed E-state index contributed by atoms with van der Waals surface area (Å²) < 4.78 is 0. The zero-order valence-electron chi connectivity index (χ0n) is 13.2. The molecule has 1 atom stereocenters. The quantitative estimate of drug-likeness (QED) is 0.367. The molecule has 0 saturated carbocycles. The van der Waals surface area contributed by atoms with Gasteiger partial charge in [-0.3, -0.25) is 0 Å². The lowest BCUT2D eigenvalue weighted by atomic mass is 10.1. The van der Waals surface area contributed by atoms with E-state index in [1.54, 1.807) is 0 Å². The maximum Gasteiger partial charge on any atom is 0.0649 e. The Labute approximate surface area is 121 Å². The first kappa shape index (κ1) is 18.5. The average Bonchev–Trinajstić information content (AvgIpc) is 2.42. The van der Waals surface area contributed by atoms with Crippen LogP contribution in [0.5, 0.6) is 0 Å². The number of aliphatic hydroxyl groups is 1. The summed E-state index contributed by atoms with van der Waals surface area (Å²) in [6, 6.07) is 0. The fourth-order valence-corrected chi connectivity index (χ4v) is 2.17. The number of aliphatic hydroxyl groups excluding tert-OH is 1. The Morgan fingerprint density at radius 3 is 1.95 bits per heavy atom. The van der Waals surface area contributed by atoms with Crippen molar-refractivity contribution in [1.82, 2.24) is 0 Å². The standard InChI is InChI=1S/C18H34O/c1-3-5-7-8-9-10-11-12-13-14-15-17-18(19)16-6-4-2/h18-19H,3-13,16-17H2,1-2H3. The van der Waals surface area contributed by atoms with E-state index in [1.807, 2.05) is 0 Å². The van der Waals surface area contributed by atoms with E-state index < -0.39 is 0 Å². The Balaban J connectivity index is 3.21. The molecule has 0 aliphatic rings. The third-order valence-corrected chi connectivity index (χ3v) is 3.51. The Morgan fingerprint density at radius 2 is 1.32 bits per heavy atom. The smallest absolute Gasteiger partial charge is 0.0649 e. The fourth-order valence-electron chi connectivity index (χ4n) is 2.17. The molecular weight excluding hydrogens is 232 g/mol. The van der Waals surface area contributed by atoms with E-state index >= 15 is 0 Å². The van der Waals surface area contributed by atoms with Gasteiger partial charge in [0.15, 0.2) is 0 Å². The summed E-state index contributed by atoms with van der Waals surface area (Å²) in [5.41, 5.74) is 0. The molecule has 0 radical (unpaired) electrons. The van der Waals surface area contributed by atoms with Gasteiger partial charge in [-0.15, -0.1) is 11.8 Å². The molecule has 19 heavy (non-hydrogen) atoms. The summed E-state index contributed by atoms with van der Waals surface area (Å²) in [6.07, 6.45) is 15.5. The third-order valence-electron chi connectivity index (χ3n) is 3.51. The molecule has 0 amide bonds. The lowest BCUT2D eigenvalue weighted by molar-refractivity contribution is 0.167. The third kappa shape index (κ3) is 15.5. The number of hydrogen-bond acceptors (Lipinski definition) is 1. The maximum atomic E-state index is 9.62. The van der Waals surface area contributed by atoms with Crippen LogP contribution in [0.1, 0.15) is 97.3 Å². The van der Waals surface area contributed by atoms with E-state index in [0.29, 0.717) is 6.42 Å². The minimum Gasteiger partial charge on any atom is -0.392 e. The highest BCUT2D eigenvalue weighted by Gasteiger charge is 1.99. The molecule has 0 aliphatic heterocycles. The van der Waals surface area contributed by atoms with Gasteiger partial charge in [0.25, 0.3) is 0 Å². The van der Waals surface area contributed by atoms with Crippen molar-refractivity contribution in [1.29, 1.82) is 0 Å². The van der Waals surface area contributed by atoms with Gasteiger partial charge >= 0.3 is 0 Å². The molecule has 1 N–H and O–H groups in total. The molecule has 0 heterocycles. The summed E-state index contributed by atoms with van der Waals surface area (Å²) in [6.45, 7) is 4.42. The molecule has 0 aromatic heterocycles. The van der Waals surface area contributed by atoms with Crippen molar-refractivity contribution in [3.05, 3.63) is 0 Å². The van der Waals surface area contributed by atoms with E-state index in [2.05, 4.69) is 25.7 Å². The van der Waals surface area contributed by atoms with E-state index in [-0.39, 0.29) is 6.10 Å². The van der Waals surface area contributed by atoms with Crippen LogP contribution in [0, 0.1) is 11.8 Å². The largest absolute Gasteiger partial charge is 0.392 e. The normalized spacial score (nSPS) is 11.9. The van der Waals surface area contributed by atoms with Gasteiger partial charge in [-0.05, 0) is 12.8 Å². The Hall–Kier alpha value is -0.480. The summed E-state index contributed by atoms with van der Waals surface area (Å²) in [7, 11) is 0. The monoisotopic (exact) mass is 266 g/mol. The van der Waals surface area contributed by atoms with Crippen molar-refractivity contribution >= 4 is 0 Å². The van der Waals surface area contributed by atoms with Crippen LogP contribution in [0.25, 0.3) is 0 Å². The second-order valence-corrected chi connectivity index (χ2v) is 5.58. The van der Waals surface area contributed by atoms with Crippen molar-refractivity contribution in [2.45, 2.75) is 103 Å². The molecule has 112 valence electrons. The van der Waals surface area contributed by atoms with Gasteiger partial charge < -0.3 is 5.11 Å². The van der Waals surface area contributed by atoms with Crippen LogP contribution in [0.2, 0.25) is 0 Å². The topological polar surface area (TPSA) is 20.2 Å². The second-order valence-electron chi connectivity index (χ2n) is 5.58. The molecule has 0 spiro atoms. The number of unbranched alkanes of at least 4 members (excludes halogenated alkanes) is 9. The first-order valence-corrected chi connectivity index (χ1v) is 8.45. The summed E-state index contributed by atoms with van der Waals surface area (Å²) in [5, 5.41) is 9.62. The minimum absolute atomic E-state index is 0.203. The first-order valence-electron chi connectivity index (χ1n) is 8.45. The van der Waals surface area contributed by atoms with Crippen molar-refractivity contribution in [2.75, 3.05) is 0 Å². The molecule has 1 unspecified atom stereocenters. The van der Waals surface area contributed by atoms with E-state index in [1.165, 1.54) is 51.4 Å². The fraction of sp³-hybridized carbons (Fsp3) is 0.889. The molecule has 0 aliphatic carbocycles. The molecular formula is C18H34O. The molecule has 1 nitrogen and oxygen atoms in total. The van der Waals surface area contributed by atoms with Crippen LogP contribution < -0.4 is 0 Å². The summed E-state index contributed by atoms with van der Waals surface area (Å²) in [5.74, 6) is 6.31. The second kappa shape index (κ2) is 15.6. The van der Waals surface area contributed by atoms with Gasteiger partial charge in [-0.1, -0.05) is 71.6 Å². The van der Waals surface area contributed by atoms with Crippen molar-refractivity contribution in [2.24, 2.45) is 0 Å². The van der Waals surface area contributed by atoms with Gasteiger partial charge in [-0.2, -0.15) is 0 Å². The summed E-state index contributed by atoms with van der Waals surface area (Å²) in [4.78, 5) is 0. The first-order chi connectivity index (χ1) is 9.31. The molecule has 0 fully saturated rings. The van der Waals surface area contributed by atoms with Crippen LogP contribution in [0.4, 0.5) is 0 Å². The molecule has 0 aromatic rings. The molecule has 0 saturated heterocycles. The van der Waals surface area contributed by atoms with Gasteiger partial charge in [0, 0.05) is 12.8 Å². The zero-order chi connectivity index (χ0) is 14.2. The molecule has 1 heteroatoms. The van der Waals surface area contributed by atoms with Gasteiger partial charge in [0.2, 0.25) is 0 Å². The van der Waals surface area contributed by atoms with Crippen LogP contribution in [-0.4, -0.2) is 11.2 Å². The van der Waals surface area contributed by atoms with Crippen molar-refractivity contribution in [3.63, 3.8) is 0 Å². The van der Waals surface area contributed by atoms with Crippen LogP contribution in [0.3, 0.4) is 0 Å². The Morgan fingerprint density at radius 1 is 0.737 bits per heavy atom. The highest BCUT2D eigenvalue weighted by atomic mass is 16.3. The Kier molecular flexibility index (Phi) is 15.2. The van der Waals surface area contributed by atoms with E-state index in [9.17, 15) is 5.11 Å². The van der Waals surface area contributed by atoms with Gasteiger partial charge in [-0.25, -0.2) is 0 Å². The predicted octanol–water partition coefficient (Wildman–Crippen LogP) is 5.46. The van der Waals surface area contributed by atoms with Crippen molar-refractivity contribution in [3.8, 4) is 11.8 Å². The lowest BCUT2D eigenvalue weighted by Gasteiger charge is -2.04. The zero-order valence-corrected chi connectivity index (χ0v) is 13.2. The maximum absolute atomic E-state index is 9.62. The number of hydrogen-bond donors (Lipinski definition) is 1. The van der Waals surface area contributed by atoms with Crippen LogP contribution in [-0.2, 0) is 0 Å². The van der Waals surface area contributed by atoms with E-state index in [4.69, 9.17) is 0 Å². The highest BCUT2D eigenvalue weighted by Crippen LogP contribution is 2.09. The van der Waals surface area contributed by atoms with Crippen LogP contribution >= 0.6 is 0 Å². The molecule has 0 aromatic carbocycles. The van der Waals surface area contributed by atoms with Gasteiger partial charge in [0.05, 0.1) is 6.10 Å². The average molecular weight is 266 g/mol. The van der Waals surface area contributed by atoms with Crippen molar-refractivity contribution < 1.29 is 5.11 Å².